The number of nitrogens with two attached hydrogens (primary N) is 1. The maximum Gasteiger partial charge on any atom is 0.324 e. The van der Waals surface area contributed by atoms with Crippen LogP contribution in [0.4, 0.5) is 23.2 Å². The molecule has 1 aromatic rings. The molecule has 0 saturated heterocycles. The van der Waals surface area contributed by atoms with E-state index in [0.29, 0.717) is 0 Å². The van der Waals surface area contributed by atoms with Crippen LogP contribution in [0.3, 0.4) is 0 Å². The first kappa shape index (κ1) is 15.8. The zero-order valence-electron chi connectivity index (χ0n) is 9.19. The number of anilines is 1. The van der Waals surface area contributed by atoms with Crippen LogP contribution in [0.5, 0.6) is 0 Å². The average molecular weight is 319 g/mol. The molecule has 3 nitrogen and oxygen atoms in total. The monoisotopic (exact) mass is 318 g/mol. The first-order valence-corrected chi connectivity index (χ1v) is 5.59. The first-order valence-electron chi connectivity index (χ1n) is 4.84. The molecule has 0 bridgehead atoms. The predicted octanol–water partition coefficient (Wildman–Crippen LogP) is 3.21. The Morgan fingerprint density at radius 3 is 2.21 bits per heavy atom. The summed E-state index contributed by atoms with van der Waals surface area (Å²) in [6, 6.07) is 2.19. The van der Waals surface area contributed by atoms with E-state index in [1.807, 2.05) is 0 Å². The van der Waals surface area contributed by atoms with Gasteiger partial charge in [-0.3, -0.25) is 4.79 Å². The highest BCUT2D eigenvalue weighted by Crippen LogP contribution is 2.29. The maximum atomic E-state index is 12.6. The van der Waals surface area contributed by atoms with E-state index in [1.54, 1.807) is 5.32 Å². The van der Waals surface area contributed by atoms with Gasteiger partial charge in [-0.2, -0.15) is 8.78 Å². The van der Waals surface area contributed by atoms with Crippen molar-refractivity contribution in [3.63, 3.8) is 0 Å². The van der Waals surface area contributed by atoms with E-state index in [0.717, 1.165) is 12.1 Å². The number of benzene rings is 1. The lowest BCUT2D eigenvalue weighted by molar-refractivity contribution is -0.123. The number of halogens is 6. The molecule has 106 valence electrons. The van der Waals surface area contributed by atoms with Crippen molar-refractivity contribution in [2.45, 2.75) is 12.3 Å². The van der Waals surface area contributed by atoms with E-state index in [4.69, 9.17) is 28.9 Å². The Balaban J connectivity index is 2.80. The van der Waals surface area contributed by atoms with Crippen LogP contribution in [0.25, 0.3) is 0 Å². The van der Waals surface area contributed by atoms with Crippen molar-refractivity contribution < 1.29 is 22.4 Å². The van der Waals surface area contributed by atoms with Gasteiger partial charge in [-0.1, -0.05) is 23.2 Å². The largest absolute Gasteiger partial charge is 0.396 e. The van der Waals surface area contributed by atoms with E-state index < -0.39 is 24.8 Å². The van der Waals surface area contributed by atoms with E-state index in [-0.39, 0.29) is 21.3 Å². The molecule has 19 heavy (non-hydrogen) atoms. The Morgan fingerprint density at radius 2 is 1.79 bits per heavy atom. The Labute approximate surface area is 115 Å². The zero-order valence-corrected chi connectivity index (χ0v) is 10.7. The van der Waals surface area contributed by atoms with E-state index >= 15 is 0 Å². The smallest absolute Gasteiger partial charge is 0.324 e. The Kier molecular flexibility index (Phi) is 4.86. The summed E-state index contributed by atoms with van der Waals surface area (Å²) in [6.07, 6.45) is -3.87. The van der Waals surface area contributed by atoms with Crippen LogP contribution < -0.4 is 11.1 Å². The third kappa shape index (κ3) is 3.87. The third-order valence-corrected chi connectivity index (χ3v) is 2.77. The van der Waals surface area contributed by atoms with Gasteiger partial charge in [0, 0.05) is 5.56 Å². The molecule has 0 radical (unpaired) electrons. The van der Waals surface area contributed by atoms with Crippen molar-refractivity contribution in [2.75, 3.05) is 12.3 Å². The quantitative estimate of drug-likeness (QED) is 0.661. The molecule has 0 atom stereocenters. The first-order chi connectivity index (χ1) is 8.65. The van der Waals surface area contributed by atoms with Gasteiger partial charge in [0.25, 0.3) is 5.91 Å². The van der Waals surface area contributed by atoms with Gasteiger partial charge in [0.2, 0.25) is 0 Å². The molecule has 0 spiro atoms. The highest BCUT2D eigenvalue weighted by atomic mass is 35.5. The van der Waals surface area contributed by atoms with Gasteiger partial charge in [-0.25, -0.2) is 8.78 Å². The molecule has 1 rings (SSSR count). The minimum Gasteiger partial charge on any atom is -0.396 e. The van der Waals surface area contributed by atoms with Crippen molar-refractivity contribution in [3.05, 3.63) is 27.7 Å². The molecular formula is C10H8Cl2F4N2O. The second-order valence-corrected chi connectivity index (χ2v) is 4.41. The summed E-state index contributed by atoms with van der Waals surface area (Å²) in [5, 5.41) is 1.58. The molecule has 0 heterocycles. The molecule has 0 aliphatic heterocycles. The van der Waals surface area contributed by atoms with Crippen LogP contribution in [-0.2, 0) is 0 Å². The predicted molar refractivity (Wildman–Crippen MR) is 64.2 cm³/mol. The average Bonchev–Trinajstić information content (AvgIpc) is 2.32. The molecule has 0 unspecified atom stereocenters. The van der Waals surface area contributed by atoms with Gasteiger partial charge in [-0.05, 0) is 12.1 Å². The molecule has 3 N–H and O–H groups in total. The van der Waals surface area contributed by atoms with Crippen molar-refractivity contribution in [1.29, 1.82) is 0 Å². The van der Waals surface area contributed by atoms with Gasteiger partial charge in [0.1, 0.15) is 0 Å². The lowest BCUT2D eigenvalue weighted by Gasteiger charge is -2.16. The summed E-state index contributed by atoms with van der Waals surface area (Å²) < 4.78 is 49.0. The Bertz CT molecular complexity index is 473. The molecule has 0 aliphatic rings. The molecular weight excluding hydrogens is 311 g/mol. The summed E-state index contributed by atoms with van der Waals surface area (Å²) in [4.78, 5) is 11.5. The fraction of sp³-hybridized carbons (Fsp3) is 0.300. The topological polar surface area (TPSA) is 55.1 Å². The highest BCUT2D eigenvalue weighted by Gasteiger charge is 2.40. The van der Waals surface area contributed by atoms with Crippen LogP contribution in [0, 0.1) is 0 Å². The lowest BCUT2D eigenvalue weighted by atomic mass is 10.2. The van der Waals surface area contributed by atoms with Gasteiger partial charge < -0.3 is 11.1 Å². The summed E-state index contributed by atoms with van der Waals surface area (Å²) in [6.45, 7) is -1.50. The number of alkyl halides is 4. The van der Waals surface area contributed by atoms with Crippen molar-refractivity contribution in [1.82, 2.24) is 5.32 Å². The number of hydrogen-bond acceptors (Lipinski definition) is 2. The van der Waals surface area contributed by atoms with Crippen molar-refractivity contribution in [2.24, 2.45) is 0 Å². The molecule has 0 aromatic heterocycles. The molecule has 0 aliphatic carbocycles. The van der Waals surface area contributed by atoms with Crippen LogP contribution in [-0.4, -0.2) is 24.8 Å². The summed E-state index contributed by atoms with van der Waals surface area (Å²) in [5.41, 5.74) is 5.29. The zero-order chi connectivity index (χ0) is 14.8. The molecule has 1 aromatic carbocycles. The SMILES string of the molecule is Nc1c(Cl)cc(C(=O)NCC(F)(F)C(F)F)cc1Cl. The maximum absolute atomic E-state index is 12.6. The molecule has 0 saturated carbocycles. The van der Waals surface area contributed by atoms with Crippen molar-refractivity contribution in [3.8, 4) is 0 Å². The van der Waals surface area contributed by atoms with Gasteiger partial charge in [0.05, 0.1) is 22.3 Å². The molecule has 9 heteroatoms. The van der Waals surface area contributed by atoms with E-state index in [1.165, 1.54) is 0 Å². The van der Waals surface area contributed by atoms with Crippen molar-refractivity contribution >= 4 is 34.8 Å². The van der Waals surface area contributed by atoms with Crippen LogP contribution in [0.2, 0.25) is 10.0 Å². The second-order valence-electron chi connectivity index (χ2n) is 3.60. The van der Waals surface area contributed by atoms with Gasteiger partial charge in [-0.15, -0.1) is 0 Å². The number of carbonyl (C=O) groups is 1. The number of hydrogen-bond donors (Lipinski definition) is 2. The summed E-state index contributed by atoms with van der Waals surface area (Å²) in [7, 11) is 0. The minimum absolute atomic E-state index is 0.0257. The van der Waals surface area contributed by atoms with E-state index in [9.17, 15) is 22.4 Å². The number of nitrogen functional groups attached to an aromatic ring is 1. The minimum atomic E-state index is -4.31. The number of amides is 1. The summed E-state index contributed by atoms with van der Waals surface area (Å²) in [5.74, 6) is -5.32. The van der Waals surface area contributed by atoms with Crippen LogP contribution in [0.15, 0.2) is 12.1 Å². The highest BCUT2D eigenvalue weighted by molar-refractivity contribution is 6.39. The summed E-state index contributed by atoms with van der Waals surface area (Å²) >= 11 is 11.3. The normalized spacial score (nSPS) is 11.7. The second kappa shape index (κ2) is 5.83. The van der Waals surface area contributed by atoms with Crippen LogP contribution in [0.1, 0.15) is 10.4 Å². The molecule has 0 fully saturated rings. The standard InChI is InChI=1S/C10H8Cl2F4N2O/c11-5-1-4(2-6(12)7(5)17)8(19)18-3-10(15,16)9(13)14/h1-2,9H,3,17H2,(H,18,19). The Morgan fingerprint density at radius 1 is 1.32 bits per heavy atom. The number of nitrogens with one attached hydrogen (secondary N) is 1. The van der Waals surface area contributed by atoms with Gasteiger partial charge >= 0.3 is 12.3 Å². The van der Waals surface area contributed by atoms with E-state index in [2.05, 4.69) is 0 Å². The third-order valence-electron chi connectivity index (χ3n) is 2.15. The number of carbonyl (C=O) groups excluding carboxylic acids is 1. The fourth-order valence-corrected chi connectivity index (χ4v) is 1.58. The Hall–Kier alpha value is -1.21. The molecule has 1 amide bonds. The number of rotatable bonds is 4. The fourth-order valence-electron chi connectivity index (χ4n) is 1.09. The lowest BCUT2D eigenvalue weighted by Crippen LogP contribution is -2.41. The van der Waals surface area contributed by atoms with Crippen LogP contribution >= 0.6 is 23.2 Å². The van der Waals surface area contributed by atoms with Gasteiger partial charge in [0.15, 0.2) is 0 Å².